The molecule has 1 aliphatic rings. The van der Waals surface area contributed by atoms with Crippen molar-refractivity contribution in [3.05, 3.63) is 0 Å². The maximum absolute atomic E-state index is 14.5. The summed E-state index contributed by atoms with van der Waals surface area (Å²) in [5.74, 6) is 1.24. The van der Waals surface area contributed by atoms with Crippen molar-refractivity contribution >= 4 is 0 Å². The van der Waals surface area contributed by atoms with E-state index < -0.39 is 6.17 Å². The van der Waals surface area contributed by atoms with Gasteiger partial charge in [-0.2, -0.15) is 0 Å². The average Bonchev–Trinajstić information content (AvgIpc) is 2.54. The predicted octanol–water partition coefficient (Wildman–Crippen LogP) is 3.28. The van der Waals surface area contributed by atoms with Crippen LogP contribution in [0, 0.1) is 17.8 Å². The summed E-state index contributed by atoms with van der Waals surface area (Å²) >= 11 is 0. The monoisotopic (exact) mass is 272 g/mol. The Bertz CT molecular complexity index is 283. The summed E-state index contributed by atoms with van der Waals surface area (Å²) in [7, 11) is 4.09. The van der Waals surface area contributed by atoms with E-state index in [0.29, 0.717) is 24.4 Å². The van der Waals surface area contributed by atoms with Crippen molar-refractivity contribution in [3.63, 3.8) is 0 Å². The minimum absolute atomic E-state index is 0.0409. The first-order valence-electron chi connectivity index (χ1n) is 7.61. The lowest BCUT2D eigenvalue weighted by atomic mass is 9.81. The molecule has 1 fully saturated rings. The summed E-state index contributed by atoms with van der Waals surface area (Å²) in [6.45, 7) is 14.8. The standard InChI is InChI=1S/C16H33FN2/c1-11(2)12(3)15-13(9-18(7)8)14(17)10-19(15)16(4,5)6/h11-15H,9-10H2,1-8H3/t12?,13-,14-,15+/m0/s1. The molecule has 0 bridgehead atoms. The van der Waals surface area contributed by atoms with Crippen molar-refractivity contribution in [2.75, 3.05) is 27.2 Å². The fraction of sp³-hybridized carbons (Fsp3) is 1.00. The largest absolute Gasteiger partial charge is 0.309 e. The molecule has 1 rings (SSSR count). The molecule has 0 saturated carbocycles. The fourth-order valence-corrected chi connectivity index (χ4v) is 3.32. The lowest BCUT2D eigenvalue weighted by Gasteiger charge is -2.42. The molecule has 0 radical (unpaired) electrons. The lowest BCUT2D eigenvalue weighted by Crippen LogP contribution is -2.50. The molecule has 2 nitrogen and oxygen atoms in total. The van der Waals surface area contributed by atoms with Crippen molar-refractivity contribution < 1.29 is 4.39 Å². The quantitative estimate of drug-likeness (QED) is 0.775. The molecule has 19 heavy (non-hydrogen) atoms. The van der Waals surface area contributed by atoms with Gasteiger partial charge in [-0.15, -0.1) is 0 Å². The number of likely N-dealkylation sites (tertiary alicyclic amines) is 1. The Kier molecular flexibility index (Phi) is 5.42. The molecule has 4 atom stereocenters. The van der Waals surface area contributed by atoms with Crippen molar-refractivity contribution in [2.24, 2.45) is 17.8 Å². The van der Waals surface area contributed by atoms with Crippen LogP contribution in [0.2, 0.25) is 0 Å². The molecule has 0 aromatic rings. The van der Waals surface area contributed by atoms with E-state index in [4.69, 9.17) is 0 Å². The normalized spacial score (nSPS) is 31.4. The highest BCUT2D eigenvalue weighted by atomic mass is 19.1. The molecule has 0 N–H and O–H groups in total. The van der Waals surface area contributed by atoms with Crippen LogP contribution in [0.25, 0.3) is 0 Å². The zero-order chi connectivity index (χ0) is 15.0. The third kappa shape index (κ3) is 3.91. The van der Waals surface area contributed by atoms with Crippen LogP contribution in [-0.2, 0) is 0 Å². The first-order valence-corrected chi connectivity index (χ1v) is 7.61. The van der Waals surface area contributed by atoms with Gasteiger partial charge in [-0.3, -0.25) is 4.90 Å². The summed E-state index contributed by atoms with van der Waals surface area (Å²) in [5.41, 5.74) is 0.0409. The maximum atomic E-state index is 14.5. The first-order chi connectivity index (χ1) is 8.55. The smallest absolute Gasteiger partial charge is 0.118 e. The third-order valence-corrected chi connectivity index (χ3v) is 4.66. The van der Waals surface area contributed by atoms with Gasteiger partial charge >= 0.3 is 0 Å². The van der Waals surface area contributed by atoms with Gasteiger partial charge in [0, 0.05) is 30.6 Å². The Morgan fingerprint density at radius 3 is 2.11 bits per heavy atom. The SMILES string of the molecule is CC(C)C(C)[C@@H]1[C@@H](CN(C)C)[C@@H](F)CN1C(C)(C)C. The minimum atomic E-state index is -0.701. The minimum Gasteiger partial charge on any atom is -0.309 e. The summed E-state index contributed by atoms with van der Waals surface area (Å²) in [4.78, 5) is 4.53. The van der Waals surface area contributed by atoms with E-state index in [1.165, 1.54) is 0 Å². The Hall–Kier alpha value is -0.150. The number of halogens is 1. The van der Waals surface area contributed by atoms with Crippen LogP contribution in [0.5, 0.6) is 0 Å². The van der Waals surface area contributed by atoms with Crippen LogP contribution in [0.3, 0.4) is 0 Å². The van der Waals surface area contributed by atoms with Crippen molar-refractivity contribution in [1.82, 2.24) is 9.80 Å². The van der Waals surface area contributed by atoms with Crippen LogP contribution < -0.4 is 0 Å². The summed E-state index contributed by atoms with van der Waals surface area (Å²) < 4.78 is 14.5. The maximum Gasteiger partial charge on any atom is 0.118 e. The van der Waals surface area contributed by atoms with E-state index in [0.717, 1.165) is 6.54 Å². The lowest BCUT2D eigenvalue weighted by molar-refractivity contribution is 0.0538. The highest BCUT2D eigenvalue weighted by molar-refractivity contribution is 5.01. The predicted molar refractivity (Wildman–Crippen MR) is 81.2 cm³/mol. The van der Waals surface area contributed by atoms with Gasteiger partial charge in [0.1, 0.15) is 6.17 Å². The zero-order valence-electron chi connectivity index (χ0n) is 14.1. The van der Waals surface area contributed by atoms with Crippen molar-refractivity contribution in [2.45, 2.75) is 59.3 Å². The van der Waals surface area contributed by atoms with E-state index in [1.807, 2.05) is 14.1 Å². The number of hydrogen-bond donors (Lipinski definition) is 0. The Morgan fingerprint density at radius 1 is 1.21 bits per heavy atom. The molecule has 0 aliphatic carbocycles. The van der Waals surface area contributed by atoms with E-state index >= 15 is 0 Å². The Balaban J connectivity index is 3.02. The van der Waals surface area contributed by atoms with Gasteiger partial charge < -0.3 is 4.90 Å². The van der Waals surface area contributed by atoms with Crippen LogP contribution >= 0.6 is 0 Å². The van der Waals surface area contributed by atoms with Crippen LogP contribution in [0.15, 0.2) is 0 Å². The number of rotatable bonds is 4. The van der Waals surface area contributed by atoms with E-state index in [9.17, 15) is 4.39 Å². The highest BCUT2D eigenvalue weighted by Crippen LogP contribution is 2.39. The zero-order valence-corrected chi connectivity index (χ0v) is 14.1. The van der Waals surface area contributed by atoms with Crippen LogP contribution in [0.4, 0.5) is 4.39 Å². The molecule has 1 heterocycles. The van der Waals surface area contributed by atoms with Gasteiger partial charge in [-0.1, -0.05) is 20.8 Å². The molecule has 114 valence electrons. The third-order valence-electron chi connectivity index (χ3n) is 4.66. The Labute approximate surface area is 119 Å². The van der Waals surface area contributed by atoms with E-state index in [2.05, 4.69) is 51.3 Å². The molecule has 0 aromatic heterocycles. The molecule has 1 saturated heterocycles. The first kappa shape index (κ1) is 16.9. The van der Waals surface area contributed by atoms with Crippen molar-refractivity contribution in [3.8, 4) is 0 Å². The second kappa shape index (κ2) is 6.09. The Morgan fingerprint density at radius 2 is 1.74 bits per heavy atom. The van der Waals surface area contributed by atoms with Crippen LogP contribution in [-0.4, -0.2) is 54.7 Å². The molecule has 0 amide bonds. The van der Waals surface area contributed by atoms with Gasteiger partial charge in [0.25, 0.3) is 0 Å². The topological polar surface area (TPSA) is 6.48 Å². The number of alkyl halides is 1. The fourth-order valence-electron chi connectivity index (χ4n) is 3.32. The van der Waals surface area contributed by atoms with Crippen LogP contribution in [0.1, 0.15) is 41.5 Å². The molecule has 3 heteroatoms. The summed E-state index contributed by atoms with van der Waals surface area (Å²) in [6, 6.07) is 0.345. The van der Waals surface area contributed by atoms with E-state index in [-0.39, 0.29) is 11.5 Å². The van der Waals surface area contributed by atoms with Gasteiger partial charge in [-0.25, -0.2) is 4.39 Å². The van der Waals surface area contributed by atoms with Gasteiger partial charge in [0.05, 0.1) is 0 Å². The number of hydrogen-bond acceptors (Lipinski definition) is 2. The molecular weight excluding hydrogens is 239 g/mol. The summed E-state index contributed by atoms with van der Waals surface area (Å²) in [6.07, 6.45) is -0.701. The van der Waals surface area contributed by atoms with Gasteiger partial charge in [0.2, 0.25) is 0 Å². The molecule has 1 unspecified atom stereocenters. The second-order valence-corrected chi connectivity index (χ2v) is 7.86. The molecule has 0 spiro atoms. The summed E-state index contributed by atoms with van der Waals surface area (Å²) in [5, 5.41) is 0. The average molecular weight is 272 g/mol. The van der Waals surface area contributed by atoms with Gasteiger partial charge in [-0.05, 0) is 46.7 Å². The van der Waals surface area contributed by atoms with Crippen molar-refractivity contribution in [1.29, 1.82) is 0 Å². The highest BCUT2D eigenvalue weighted by Gasteiger charge is 2.48. The second-order valence-electron chi connectivity index (χ2n) is 7.86. The molecular formula is C16H33FN2. The molecule has 0 aromatic carbocycles. The number of nitrogens with zero attached hydrogens (tertiary/aromatic N) is 2. The molecule has 1 aliphatic heterocycles. The van der Waals surface area contributed by atoms with Gasteiger partial charge in [0.15, 0.2) is 0 Å². The van der Waals surface area contributed by atoms with E-state index in [1.54, 1.807) is 0 Å².